The summed E-state index contributed by atoms with van der Waals surface area (Å²) < 4.78 is 0. The number of nitrogens with zero attached hydrogens (tertiary/aromatic N) is 3. The van der Waals surface area contributed by atoms with Crippen molar-refractivity contribution in [3.05, 3.63) is 241 Å². The first-order chi connectivity index (χ1) is 35.5. The topological polar surface area (TPSA) is 9.72 Å². The van der Waals surface area contributed by atoms with Crippen molar-refractivity contribution < 1.29 is 0 Å². The summed E-state index contributed by atoms with van der Waals surface area (Å²) in [7, 11) is -2.10. The van der Waals surface area contributed by atoms with Crippen LogP contribution < -0.4 is 41.5 Å². The number of para-hydroxylation sites is 3. The fourth-order valence-corrected chi connectivity index (χ4v) is 17.3. The molecular formula is C68H54BN3Si. The third-order valence-corrected chi connectivity index (χ3v) is 21.1. The number of anilines is 9. The maximum absolute atomic E-state index is 2.66. The van der Waals surface area contributed by atoms with E-state index in [1.807, 2.05) is 0 Å². The first kappa shape index (κ1) is 42.6. The van der Waals surface area contributed by atoms with Gasteiger partial charge < -0.3 is 14.7 Å². The largest absolute Gasteiger partial charge is 0.311 e. The van der Waals surface area contributed by atoms with Crippen LogP contribution in [0.5, 0.6) is 0 Å². The molecule has 348 valence electrons. The van der Waals surface area contributed by atoms with E-state index in [1.54, 1.807) is 0 Å². The molecule has 5 aliphatic rings. The Morgan fingerprint density at radius 3 is 1.49 bits per heavy atom. The fourth-order valence-electron chi connectivity index (χ4n) is 14.3. The predicted molar refractivity (Wildman–Crippen MR) is 312 cm³/mol. The Bertz CT molecular complexity index is 3790. The minimum atomic E-state index is -2.10. The third kappa shape index (κ3) is 5.61. The first-order valence-corrected chi connectivity index (χ1v) is 29.1. The minimum absolute atomic E-state index is 0.0631. The summed E-state index contributed by atoms with van der Waals surface area (Å²) in [6, 6.07) is 83.2. The maximum atomic E-state index is 2.66. The smallest absolute Gasteiger partial charge is 0.252 e. The molecule has 2 aliphatic carbocycles. The molecule has 3 nitrogen and oxygen atoms in total. The van der Waals surface area contributed by atoms with Crippen LogP contribution >= 0.6 is 0 Å². The average Bonchev–Trinajstić information content (AvgIpc) is 3.93. The van der Waals surface area contributed by atoms with Crippen LogP contribution in [0.2, 0.25) is 13.1 Å². The van der Waals surface area contributed by atoms with E-state index in [0.29, 0.717) is 0 Å². The van der Waals surface area contributed by atoms with E-state index in [2.05, 4.69) is 274 Å². The van der Waals surface area contributed by atoms with Crippen molar-refractivity contribution >= 4 is 92.7 Å². The van der Waals surface area contributed by atoms with Gasteiger partial charge in [0.05, 0.1) is 11.4 Å². The summed E-state index contributed by atoms with van der Waals surface area (Å²) in [6.45, 7) is 14.6. The van der Waals surface area contributed by atoms with Crippen LogP contribution in [0, 0.1) is 0 Å². The Morgan fingerprint density at radius 2 is 0.877 bits per heavy atom. The van der Waals surface area contributed by atoms with Gasteiger partial charge in [-0.15, -0.1) is 0 Å². The highest BCUT2D eigenvalue weighted by atomic mass is 28.3. The minimum Gasteiger partial charge on any atom is -0.311 e. The quantitative estimate of drug-likeness (QED) is 0.159. The summed E-state index contributed by atoms with van der Waals surface area (Å²) in [5.41, 5.74) is 27.8. The highest BCUT2D eigenvalue weighted by Gasteiger charge is 2.50. The van der Waals surface area contributed by atoms with Crippen molar-refractivity contribution in [1.29, 1.82) is 0 Å². The first-order valence-electron chi connectivity index (χ1n) is 26.1. The Balaban J connectivity index is 1.12. The standard InChI is InChI=1S/C68H54BN3Si/c1-67(2)50-32-19-16-29-47(50)61-52(67)34-22-35-56(61)70(43-23-10-7-11-24-43)46-41-57-64-58(42-46)72(45-27-14-9-15-28-45)66-55(39-40-60-63(66)49-31-18-21-36-59(49)73(60,5)6)69(64)54-38-37-53-62(48-30-17-20-33-51(48)68(53,3)4)65(54)71(57)44-25-12-8-13-26-44/h7-42H,1-6H3. The van der Waals surface area contributed by atoms with Gasteiger partial charge in [-0.25, -0.2) is 0 Å². The SMILES string of the molecule is CC1(C)c2ccccc2-c2c(N(c3ccccc3)c3cc4c5c(c3)N(c3ccccc3)c3c(ccc6c3-c3ccccc3[Si]6(C)C)B5c3ccc5c(c3N4c3ccccc3)-c3ccccc3C5(C)C)cccc21. The number of hydrogen-bond acceptors (Lipinski definition) is 3. The maximum Gasteiger partial charge on any atom is 0.252 e. The number of fused-ring (bicyclic) bond motifs is 15. The number of hydrogen-bond donors (Lipinski definition) is 0. The molecule has 0 bridgehead atoms. The molecule has 0 amide bonds. The van der Waals surface area contributed by atoms with Crippen molar-refractivity contribution in [2.75, 3.05) is 14.7 Å². The number of rotatable bonds is 5. The predicted octanol–water partition coefficient (Wildman–Crippen LogP) is 14.7. The molecule has 15 rings (SSSR count). The van der Waals surface area contributed by atoms with Crippen molar-refractivity contribution in [3.8, 4) is 33.4 Å². The number of benzene rings is 10. The lowest BCUT2D eigenvalue weighted by Gasteiger charge is -2.46. The van der Waals surface area contributed by atoms with Gasteiger partial charge in [0.1, 0.15) is 8.07 Å². The van der Waals surface area contributed by atoms with E-state index in [4.69, 9.17) is 0 Å². The summed E-state index contributed by atoms with van der Waals surface area (Å²) in [6.07, 6.45) is 0. The summed E-state index contributed by atoms with van der Waals surface area (Å²) >= 11 is 0. The van der Waals surface area contributed by atoms with Gasteiger partial charge in [0, 0.05) is 67.3 Å². The molecule has 3 heterocycles. The van der Waals surface area contributed by atoms with Gasteiger partial charge >= 0.3 is 0 Å². The van der Waals surface area contributed by atoms with E-state index < -0.39 is 8.07 Å². The molecule has 0 unspecified atom stereocenters. The molecule has 0 aromatic heterocycles. The summed E-state index contributed by atoms with van der Waals surface area (Å²) in [5, 5.41) is 3.02. The molecule has 0 fully saturated rings. The van der Waals surface area contributed by atoms with Crippen molar-refractivity contribution in [2.24, 2.45) is 0 Å². The molecule has 0 saturated carbocycles. The summed E-state index contributed by atoms with van der Waals surface area (Å²) in [4.78, 5) is 7.88. The molecule has 0 spiro atoms. The van der Waals surface area contributed by atoms with Crippen molar-refractivity contribution in [1.82, 2.24) is 0 Å². The van der Waals surface area contributed by atoms with E-state index in [9.17, 15) is 0 Å². The summed E-state index contributed by atoms with van der Waals surface area (Å²) in [5.74, 6) is 0. The van der Waals surface area contributed by atoms with E-state index in [-0.39, 0.29) is 17.5 Å². The second-order valence-electron chi connectivity index (χ2n) is 22.4. The molecule has 0 radical (unpaired) electrons. The van der Waals surface area contributed by atoms with Gasteiger partial charge in [0.2, 0.25) is 0 Å². The Labute approximate surface area is 430 Å². The highest BCUT2D eigenvalue weighted by molar-refractivity contribution is 7.05. The molecule has 10 aromatic carbocycles. The van der Waals surface area contributed by atoms with Gasteiger partial charge in [-0.3, -0.25) is 0 Å². The lowest BCUT2D eigenvalue weighted by atomic mass is 9.33. The average molecular weight is 952 g/mol. The molecular weight excluding hydrogens is 898 g/mol. The van der Waals surface area contributed by atoms with E-state index in [1.165, 1.54) is 111 Å². The van der Waals surface area contributed by atoms with Crippen molar-refractivity contribution in [3.63, 3.8) is 0 Å². The van der Waals surface area contributed by atoms with Gasteiger partial charge in [-0.05, 0) is 120 Å². The van der Waals surface area contributed by atoms with Crippen LogP contribution in [0.4, 0.5) is 51.2 Å². The van der Waals surface area contributed by atoms with Crippen LogP contribution in [-0.4, -0.2) is 14.8 Å². The third-order valence-electron chi connectivity index (χ3n) is 17.6. The molecule has 0 atom stereocenters. The fraction of sp³-hybridized carbons (Fsp3) is 0.118. The lowest BCUT2D eigenvalue weighted by molar-refractivity contribution is 0.660. The zero-order chi connectivity index (χ0) is 49.1. The van der Waals surface area contributed by atoms with Gasteiger partial charge in [0.25, 0.3) is 6.71 Å². The monoisotopic (exact) mass is 951 g/mol. The van der Waals surface area contributed by atoms with Gasteiger partial charge in [0.15, 0.2) is 0 Å². The van der Waals surface area contributed by atoms with Crippen LogP contribution in [0.3, 0.4) is 0 Å². The zero-order valence-corrected chi connectivity index (χ0v) is 43.2. The highest BCUT2D eigenvalue weighted by Crippen LogP contribution is 2.58. The second-order valence-corrected chi connectivity index (χ2v) is 26.7. The van der Waals surface area contributed by atoms with Crippen LogP contribution in [0.25, 0.3) is 33.4 Å². The van der Waals surface area contributed by atoms with Crippen molar-refractivity contribution in [2.45, 2.75) is 51.6 Å². The Hall–Kier alpha value is -8.12. The van der Waals surface area contributed by atoms with Crippen LogP contribution in [-0.2, 0) is 10.8 Å². The van der Waals surface area contributed by atoms with Crippen LogP contribution in [0.1, 0.15) is 49.9 Å². The Morgan fingerprint density at radius 1 is 0.397 bits per heavy atom. The van der Waals surface area contributed by atoms with Gasteiger partial charge in [-0.2, -0.15) is 0 Å². The zero-order valence-electron chi connectivity index (χ0n) is 42.2. The normalized spacial score (nSPS) is 15.8. The molecule has 0 saturated heterocycles. The van der Waals surface area contributed by atoms with E-state index >= 15 is 0 Å². The molecule has 0 N–H and O–H groups in total. The van der Waals surface area contributed by atoms with E-state index in [0.717, 1.165) is 22.7 Å². The van der Waals surface area contributed by atoms with Crippen LogP contribution in [0.15, 0.2) is 218 Å². The van der Waals surface area contributed by atoms with Gasteiger partial charge in [-0.1, -0.05) is 205 Å². The molecule has 73 heavy (non-hydrogen) atoms. The lowest BCUT2D eigenvalue weighted by Crippen LogP contribution is -2.62. The second kappa shape index (κ2) is 15.0. The molecule has 5 heteroatoms. The Kier molecular flexibility index (Phi) is 8.73. The molecule has 3 aliphatic heterocycles. The molecule has 10 aromatic rings.